The number of anilines is 1. The topological polar surface area (TPSA) is 98.7 Å². The number of hydrogen-bond donors (Lipinski definition) is 3. The molecule has 0 bridgehead atoms. The Balaban J connectivity index is 1.71. The Bertz CT molecular complexity index is 733. The van der Waals surface area contributed by atoms with Gasteiger partial charge in [0, 0.05) is 0 Å². The number of carbonyl (C=O) groups is 3. The van der Waals surface area contributed by atoms with Crippen LogP contribution in [0.5, 0.6) is 5.75 Å². The van der Waals surface area contributed by atoms with Crippen molar-refractivity contribution in [2.24, 2.45) is 5.92 Å². The van der Waals surface area contributed by atoms with Gasteiger partial charge in [0.05, 0.1) is 5.69 Å². The van der Waals surface area contributed by atoms with Crippen LogP contribution in [0.15, 0.2) is 18.2 Å². The summed E-state index contributed by atoms with van der Waals surface area (Å²) in [6, 6.07) is 4.34. The number of urea groups is 1. The lowest BCUT2D eigenvalue weighted by Crippen LogP contribution is -2.54. The molecule has 1 saturated heterocycles. The van der Waals surface area contributed by atoms with Crippen molar-refractivity contribution in [3.8, 4) is 5.75 Å². The van der Waals surface area contributed by atoms with Crippen LogP contribution < -0.4 is 10.6 Å². The Kier molecular flexibility index (Phi) is 4.41. The molecule has 1 aliphatic carbocycles. The van der Waals surface area contributed by atoms with Crippen molar-refractivity contribution in [3.05, 3.63) is 23.8 Å². The number of nitrogens with zero attached hydrogens (tertiary/aromatic N) is 1. The third-order valence-electron chi connectivity index (χ3n) is 5.23. The van der Waals surface area contributed by atoms with E-state index in [9.17, 15) is 19.5 Å². The van der Waals surface area contributed by atoms with Gasteiger partial charge < -0.3 is 15.7 Å². The first-order chi connectivity index (χ1) is 11.8. The van der Waals surface area contributed by atoms with E-state index in [4.69, 9.17) is 0 Å². The molecule has 0 unspecified atom stereocenters. The van der Waals surface area contributed by atoms with Crippen LogP contribution in [0, 0.1) is 12.8 Å². The van der Waals surface area contributed by atoms with Crippen molar-refractivity contribution < 1.29 is 19.5 Å². The summed E-state index contributed by atoms with van der Waals surface area (Å²) in [4.78, 5) is 38.3. The minimum Gasteiger partial charge on any atom is -0.506 e. The lowest BCUT2D eigenvalue weighted by Gasteiger charge is -2.36. The Labute approximate surface area is 146 Å². The summed E-state index contributed by atoms with van der Waals surface area (Å²) in [5.74, 6) is -0.856. The Hall–Kier alpha value is -2.57. The smallest absolute Gasteiger partial charge is 0.325 e. The van der Waals surface area contributed by atoms with Crippen LogP contribution in [0.3, 0.4) is 0 Å². The van der Waals surface area contributed by atoms with Crippen molar-refractivity contribution in [2.45, 2.75) is 45.1 Å². The van der Waals surface area contributed by atoms with E-state index in [2.05, 4.69) is 10.6 Å². The molecule has 3 rings (SSSR count). The fourth-order valence-corrected chi connectivity index (χ4v) is 3.72. The summed E-state index contributed by atoms with van der Waals surface area (Å²) in [7, 11) is 0. The molecule has 2 aliphatic rings. The number of phenolic OH excluding ortho intramolecular Hbond substituents is 1. The van der Waals surface area contributed by atoms with Crippen LogP contribution in [0.2, 0.25) is 0 Å². The number of aryl methyl sites for hydroxylation is 1. The van der Waals surface area contributed by atoms with Gasteiger partial charge in [-0.2, -0.15) is 0 Å². The van der Waals surface area contributed by atoms with Crippen LogP contribution in [0.25, 0.3) is 0 Å². The number of imide groups is 1. The lowest BCUT2D eigenvalue weighted by atomic mass is 9.73. The lowest BCUT2D eigenvalue weighted by molar-refractivity contribution is -0.136. The van der Waals surface area contributed by atoms with Crippen molar-refractivity contribution in [2.75, 3.05) is 11.9 Å². The van der Waals surface area contributed by atoms with Crippen molar-refractivity contribution in [1.29, 1.82) is 0 Å². The third kappa shape index (κ3) is 3.06. The summed E-state index contributed by atoms with van der Waals surface area (Å²) in [6.07, 6.45) is 3.41. The Morgan fingerprint density at radius 3 is 2.84 bits per heavy atom. The molecule has 7 nitrogen and oxygen atoms in total. The second-order valence-electron chi connectivity index (χ2n) is 7.01. The second kappa shape index (κ2) is 6.38. The molecule has 0 radical (unpaired) electrons. The van der Waals surface area contributed by atoms with Crippen LogP contribution >= 0.6 is 0 Å². The largest absolute Gasteiger partial charge is 0.506 e. The molecule has 25 heavy (non-hydrogen) atoms. The average molecular weight is 345 g/mol. The highest BCUT2D eigenvalue weighted by Crippen LogP contribution is 2.38. The fourth-order valence-electron chi connectivity index (χ4n) is 3.72. The Morgan fingerprint density at radius 1 is 1.40 bits per heavy atom. The van der Waals surface area contributed by atoms with Crippen LogP contribution in [-0.2, 0) is 9.59 Å². The molecule has 1 heterocycles. The van der Waals surface area contributed by atoms with Gasteiger partial charge in [0.15, 0.2) is 0 Å². The quantitative estimate of drug-likeness (QED) is 0.577. The molecule has 1 aromatic rings. The monoisotopic (exact) mass is 345 g/mol. The normalized spacial score (nSPS) is 26.0. The van der Waals surface area contributed by atoms with Gasteiger partial charge in [0.1, 0.15) is 17.8 Å². The summed E-state index contributed by atoms with van der Waals surface area (Å²) < 4.78 is 0. The van der Waals surface area contributed by atoms with Crippen LogP contribution in [0.4, 0.5) is 10.5 Å². The number of amides is 4. The first-order valence-corrected chi connectivity index (χ1v) is 8.57. The molecule has 1 aliphatic heterocycles. The highest BCUT2D eigenvalue weighted by atomic mass is 16.3. The minimum absolute atomic E-state index is 0.0481. The SMILES string of the molecule is Cc1ccc(NC(=O)CN2C(=O)N[C@]3(CCCC[C@@H]3C)C2=O)c(O)c1. The van der Waals surface area contributed by atoms with Gasteiger partial charge in [0.25, 0.3) is 5.91 Å². The molecular formula is C18H23N3O4. The van der Waals surface area contributed by atoms with E-state index in [1.807, 2.05) is 13.8 Å². The molecule has 2 atom stereocenters. The molecule has 0 aromatic heterocycles. The molecule has 1 spiro atoms. The molecule has 7 heteroatoms. The fraction of sp³-hybridized carbons (Fsp3) is 0.500. The number of aromatic hydroxyl groups is 1. The van der Waals surface area contributed by atoms with E-state index in [1.165, 1.54) is 6.07 Å². The number of benzene rings is 1. The van der Waals surface area contributed by atoms with Gasteiger partial charge in [-0.05, 0) is 43.4 Å². The van der Waals surface area contributed by atoms with E-state index in [1.54, 1.807) is 12.1 Å². The molecular weight excluding hydrogens is 322 g/mol. The molecule has 1 saturated carbocycles. The van der Waals surface area contributed by atoms with Gasteiger partial charge in [-0.15, -0.1) is 0 Å². The minimum atomic E-state index is -0.873. The summed E-state index contributed by atoms with van der Waals surface area (Å²) >= 11 is 0. The predicted molar refractivity (Wildman–Crippen MR) is 92.1 cm³/mol. The molecule has 134 valence electrons. The van der Waals surface area contributed by atoms with Gasteiger partial charge >= 0.3 is 6.03 Å². The maximum absolute atomic E-state index is 12.8. The summed E-state index contributed by atoms with van der Waals surface area (Å²) in [5.41, 5.74) is 0.239. The first-order valence-electron chi connectivity index (χ1n) is 8.57. The van der Waals surface area contributed by atoms with E-state index in [0.29, 0.717) is 6.42 Å². The number of rotatable bonds is 3. The zero-order valence-corrected chi connectivity index (χ0v) is 14.5. The van der Waals surface area contributed by atoms with Gasteiger partial charge in [0.2, 0.25) is 5.91 Å². The van der Waals surface area contributed by atoms with E-state index >= 15 is 0 Å². The molecule has 1 aromatic carbocycles. The van der Waals surface area contributed by atoms with Crippen LogP contribution in [-0.4, -0.2) is 39.9 Å². The van der Waals surface area contributed by atoms with E-state index in [0.717, 1.165) is 29.7 Å². The second-order valence-corrected chi connectivity index (χ2v) is 7.01. The molecule has 2 fully saturated rings. The number of carbonyl (C=O) groups excluding carboxylic acids is 3. The van der Waals surface area contributed by atoms with Crippen molar-refractivity contribution >= 4 is 23.5 Å². The van der Waals surface area contributed by atoms with Crippen molar-refractivity contribution in [1.82, 2.24) is 10.2 Å². The highest BCUT2D eigenvalue weighted by molar-refractivity contribution is 6.10. The number of phenols is 1. The predicted octanol–water partition coefficient (Wildman–Crippen LogP) is 2.14. The molecule has 4 amide bonds. The maximum Gasteiger partial charge on any atom is 0.325 e. The van der Waals surface area contributed by atoms with Gasteiger partial charge in [-0.3, -0.25) is 14.5 Å². The zero-order chi connectivity index (χ0) is 18.2. The number of hydrogen-bond acceptors (Lipinski definition) is 4. The molecule has 3 N–H and O–H groups in total. The van der Waals surface area contributed by atoms with Crippen molar-refractivity contribution in [3.63, 3.8) is 0 Å². The average Bonchev–Trinajstić information content (AvgIpc) is 2.78. The van der Waals surface area contributed by atoms with E-state index in [-0.39, 0.29) is 29.8 Å². The van der Waals surface area contributed by atoms with E-state index < -0.39 is 17.5 Å². The third-order valence-corrected chi connectivity index (χ3v) is 5.23. The standard InChI is InChI=1S/C18H23N3O4/c1-11-6-7-13(14(22)9-11)19-15(23)10-21-16(24)18(20-17(21)25)8-4-3-5-12(18)2/h6-7,9,12,22H,3-5,8,10H2,1-2H3,(H,19,23)(H,20,25)/t12-,18-/m0/s1. The highest BCUT2D eigenvalue weighted by Gasteiger charge is 2.55. The van der Waals surface area contributed by atoms with Crippen LogP contribution in [0.1, 0.15) is 38.2 Å². The number of nitrogens with one attached hydrogen (secondary N) is 2. The maximum atomic E-state index is 12.8. The Morgan fingerprint density at radius 2 is 2.16 bits per heavy atom. The summed E-state index contributed by atoms with van der Waals surface area (Å²) in [5, 5.41) is 15.2. The van der Waals surface area contributed by atoms with Gasteiger partial charge in [-0.1, -0.05) is 25.8 Å². The first kappa shape index (κ1) is 17.3. The van der Waals surface area contributed by atoms with Gasteiger partial charge in [-0.25, -0.2) is 4.79 Å². The zero-order valence-electron chi connectivity index (χ0n) is 14.5. The summed E-state index contributed by atoms with van der Waals surface area (Å²) in [6.45, 7) is 3.42.